The molecule has 1 amide bonds. The molecular formula is C35H37N5O5. The summed E-state index contributed by atoms with van der Waals surface area (Å²) >= 11 is 0. The van der Waals surface area contributed by atoms with Crippen molar-refractivity contribution in [1.82, 2.24) is 19.5 Å². The molecule has 1 saturated heterocycles. The molecule has 0 radical (unpaired) electrons. The Bertz CT molecular complexity index is 1800. The smallest absolute Gasteiger partial charge is 0.280 e. The molecule has 0 spiro atoms. The molecule has 1 aliphatic heterocycles. The molecule has 2 aromatic heterocycles. The van der Waals surface area contributed by atoms with Gasteiger partial charge in [-0.2, -0.15) is 4.98 Å². The quantitative estimate of drug-likeness (QED) is 0.201. The number of imidazole rings is 1. The number of aromatic amines is 1. The second-order valence-electron chi connectivity index (χ2n) is 11.9. The molecule has 232 valence electrons. The Morgan fingerprint density at radius 2 is 1.62 bits per heavy atom. The van der Waals surface area contributed by atoms with Gasteiger partial charge >= 0.3 is 0 Å². The van der Waals surface area contributed by atoms with Gasteiger partial charge in [-0.05, 0) is 30.5 Å². The molecule has 10 heteroatoms. The van der Waals surface area contributed by atoms with Gasteiger partial charge in [0, 0.05) is 12.3 Å². The minimum Gasteiger partial charge on any atom is -0.390 e. The van der Waals surface area contributed by atoms with Gasteiger partial charge in [0.1, 0.15) is 17.9 Å². The molecule has 5 aromatic rings. The second kappa shape index (κ2) is 12.4. The molecule has 0 aliphatic carbocycles. The molecule has 0 bridgehead atoms. The fourth-order valence-electron chi connectivity index (χ4n) is 5.70. The summed E-state index contributed by atoms with van der Waals surface area (Å²) in [6, 6.07) is 26.6. The van der Waals surface area contributed by atoms with Crippen molar-refractivity contribution in [2.24, 2.45) is 5.92 Å². The van der Waals surface area contributed by atoms with E-state index in [-0.39, 0.29) is 42.0 Å². The molecule has 45 heavy (non-hydrogen) atoms. The standard InChI is InChI=1S/C35H37N5O5/c1-21(2)32(42)38-34-37-31-30(33(43)39-34)36-20-40(31)29-18-27(41)28(45-29)19-44-35(24-8-6-5-7-9-24,25-14-10-22(3)11-15-25)26-16-12-23(4)13-17-26/h5-17,20-21,27-29,41H,18-19H2,1-4H3,(H2,37,38,39,42,43)/t27?,28-,29+/m1/s1. The highest BCUT2D eigenvalue weighted by molar-refractivity contribution is 5.91. The van der Waals surface area contributed by atoms with Crippen LogP contribution in [0, 0.1) is 19.8 Å². The van der Waals surface area contributed by atoms with Gasteiger partial charge < -0.3 is 14.6 Å². The van der Waals surface area contributed by atoms with E-state index in [1.54, 1.807) is 18.4 Å². The maximum Gasteiger partial charge on any atom is 0.280 e. The first kappa shape index (κ1) is 30.4. The van der Waals surface area contributed by atoms with Crippen molar-refractivity contribution in [1.29, 1.82) is 0 Å². The van der Waals surface area contributed by atoms with E-state index < -0.39 is 29.6 Å². The summed E-state index contributed by atoms with van der Waals surface area (Å²) in [5.74, 6) is -0.555. The Morgan fingerprint density at radius 3 is 2.22 bits per heavy atom. The van der Waals surface area contributed by atoms with E-state index >= 15 is 0 Å². The zero-order chi connectivity index (χ0) is 31.7. The molecule has 6 rings (SSSR count). The zero-order valence-electron chi connectivity index (χ0n) is 25.7. The third-order valence-electron chi connectivity index (χ3n) is 8.27. The Balaban J connectivity index is 1.33. The van der Waals surface area contributed by atoms with Crippen LogP contribution in [-0.4, -0.2) is 49.3 Å². The topological polar surface area (TPSA) is 131 Å². The van der Waals surface area contributed by atoms with Gasteiger partial charge in [-0.25, -0.2) is 4.98 Å². The van der Waals surface area contributed by atoms with E-state index in [1.165, 1.54) is 6.33 Å². The van der Waals surface area contributed by atoms with Crippen LogP contribution in [0.2, 0.25) is 0 Å². The number of ether oxygens (including phenoxy) is 2. The molecule has 3 atom stereocenters. The van der Waals surface area contributed by atoms with Crippen LogP contribution in [0.1, 0.15) is 54.3 Å². The summed E-state index contributed by atoms with van der Waals surface area (Å²) < 4.78 is 14.9. The highest BCUT2D eigenvalue weighted by Gasteiger charge is 2.42. The average Bonchev–Trinajstić information content (AvgIpc) is 3.62. The summed E-state index contributed by atoms with van der Waals surface area (Å²) in [5, 5.41) is 13.8. The van der Waals surface area contributed by atoms with Crippen LogP contribution in [0.4, 0.5) is 5.95 Å². The number of aliphatic hydroxyl groups excluding tert-OH is 1. The molecule has 0 saturated carbocycles. The van der Waals surface area contributed by atoms with Crippen molar-refractivity contribution in [3.8, 4) is 0 Å². The van der Waals surface area contributed by atoms with Crippen molar-refractivity contribution in [3.63, 3.8) is 0 Å². The van der Waals surface area contributed by atoms with E-state index in [9.17, 15) is 14.7 Å². The third-order valence-corrected chi connectivity index (χ3v) is 8.27. The van der Waals surface area contributed by atoms with Crippen LogP contribution in [0.25, 0.3) is 11.2 Å². The van der Waals surface area contributed by atoms with Gasteiger partial charge in [0.2, 0.25) is 11.9 Å². The number of H-pyrrole nitrogens is 1. The van der Waals surface area contributed by atoms with Gasteiger partial charge in [0.25, 0.3) is 5.56 Å². The SMILES string of the molecule is Cc1ccc(C(OC[C@H]2O[C@H](n3cnc4c(=O)[nH]c(NC(=O)C(C)C)nc43)CC2O)(c2ccccc2)c2ccc(C)cc2)cc1. The minimum absolute atomic E-state index is 0.0234. The number of nitrogens with one attached hydrogen (secondary N) is 2. The normalized spacial score (nSPS) is 18.5. The first-order valence-electron chi connectivity index (χ1n) is 15.1. The number of hydrogen-bond donors (Lipinski definition) is 3. The van der Waals surface area contributed by atoms with Crippen molar-refractivity contribution in [2.75, 3.05) is 11.9 Å². The maximum absolute atomic E-state index is 12.7. The van der Waals surface area contributed by atoms with Crippen LogP contribution in [0.5, 0.6) is 0 Å². The lowest BCUT2D eigenvalue weighted by Gasteiger charge is -2.37. The molecule has 1 aliphatic rings. The van der Waals surface area contributed by atoms with E-state index in [4.69, 9.17) is 9.47 Å². The van der Waals surface area contributed by atoms with E-state index in [0.29, 0.717) is 0 Å². The predicted octanol–water partition coefficient (Wildman–Crippen LogP) is 4.99. The lowest BCUT2D eigenvalue weighted by atomic mass is 9.79. The van der Waals surface area contributed by atoms with Crippen molar-refractivity contribution in [2.45, 2.75) is 58.2 Å². The first-order valence-corrected chi connectivity index (χ1v) is 15.1. The highest BCUT2D eigenvalue weighted by Crippen LogP contribution is 2.42. The highest BCUT2D eigenvalue weighted by atomic mass is 16.6. The van der Waals surface area contributed by atoms with Crippen LogP contribution in [-0.2, 0) is 19.9 Å². The van der Waals surface area contributed by atoms with Crippen molar-refractivity contribution >= 4 is 23.0 Å². The molecule has 3 N–H and O–H groups in total. The van der Waals surface area contributed by atoms with Gasteiger partial charge in [-0.1, -0.05) is 104 Å². The van der Waals surface area contributed by atoms with E-state index in [2.05, 4.69) is 68.8 Å². The Morgan fingerprint density at radius 1 is 1.02 bits per heavy atom. The van der Waals surface area contributed by atoms with Crippen LogP contribution < -0.4 is 10.9 Å². The van der Waals surface area contributed by atoms with Gasteiger partial charge in [0.05, 0.1) is 19.0 Å². The first-order chi connectivity index (χ1) is 21.7. The fraction of sp³-hybridized carbons (Fsp3) is 0.314. The Hall–Kier alpha value is -4.64. The lowest BCUT2D eigenvalue weighted by Crippen LogP contribution is -2.38. The Labute approximate surface area is 261 Å². The molecule has 3 aromatic carbocycles. The molecule has 1 unspecified atom stereocenters. The van der Waals surface area contributed by atoms with Crippen LogP contribution in [0.15, 0.2) is 90.0 Å². The van der Waals surface area contributed by atoms with E-state index in [0.717, 1.165) is 27.8 Å². The summed E-state index contributed by atoms with van der Waals surface area (Å²) in [7, 11) is 0. The monoisotopic (exact) mass is 607 g/mol. The number of benzene rings is 3. The van der Waals surface area contributed by atoms with Crippen LogP contribution in [0.3, 0.4) is 0 Å². The number of anilines is 1. The molecular weight excluding hydrogens is 570 g/mol. The number of carbonyl (C=O) groups excluding carboxylic acids is 1. The van der Waals surface area contributed by atoms with E-state index in [1.807, 2.05) is 44.2 Å². The molecule has 10 nitrogen and oxygen atoms in total. The lowest BCUT2D eigenvalue weighted by molar-refractivity contribution is -0.118. The number of fused-ring (bicyclic) bond motifs is 1. The zero-order valence-corrected chi connectivity index (χ0v) is 25.7. The summed E-state index contributed by atoms with van der Waals surface area (Å²) in [4.78, 5) is 36.2. The summed E-state index contributed by atoms with van der Waals surface area (Å²) in [5.41, 5.74) is 4.00. The van der Waals surface area contributed by atoms with Gasteiger partial charge in [0.15, 0.2) is 11.2 Å². The fourth-order valence-corrected chi connectivity index (χ4v) is 5.70. The number of aromatic nitrogens is 4. The average molecular weight is 608 g/mol. The number of hydrogen-bond acceptors (Lipinski definition) is 7. The maximum atomic E-state index is 12.7. The molecule has 3 heterocycles. The largest absolute Gasteiger partial charge is 0.390 e. The Kier molecular flexibility index (Phi) is 8.37. The van der Waals surface area contributed by atoms with Crippen molar-refractivity contribution in [3.05, 3.63) is 123 Å². The molecule has 1 fully saturated rings. The number of carbonyl (C=O) groups is 1. The minimum atomic E-state index is -0.982. The predicted molar refractivity (Wildman–Crippen MR) is 171 cm³/mol. The second-order valence-corrected chi connectivity index (χ2v) is 11.9. The number of aryl methyl sites for hydroxylation is 2. The van der Waals surface area contributed by atoms with Crippen LogP contribution >= 0.6 is 0 Å². The third kappa shape index (κ3) is 5.92. The van der Waals surface area contributed by atoms with Gasteiger partial charge in [-0.3, -0.25) is 24.5 Å². The van der Waals surface area contributed by atoms with Gasteiger partial charge in [-0.15, -0.1) is 0 Å². The number of amides is 1. The number of nitrogens with zero attached hydrogens (tertiary/aromatic N) is 3. The number of aliphatic hydroxyl groups is 1. The summed E-state index contributed by atoms with van der Waals surface area (Å²) in [6.07, 6.45) is -0.511. The summed E-state index contributed by atoms with van der Waals surface area (Å²) in [6.45, 7) is 7.66. The van der Waals surface area contributed by atoms with Crippen molar-refractivity contribution < 1.29 is 19.4 Å². The number of rotatable bonds is 9.